The van der Waals surface area contributed by atoms with Crippen LogP contribution in [-0.2, 0) is 9.53 Å². The van der Waals surface area contributed by atoms with E-state index in [0.717, 1.165) is 0 Å². The second-order valence-electron chi connectivity index (χ2n) is 8.91. The molecule has 0 bridgehead atoms. The van der Waals surface area contributed by atoms with Crippen molar-refractivity contribution in [3.63, 3.8) is 0 Å². The third kappa shape index (κ3) is 5.49. The number of hydrogen-bond donors (Lipinski definition) is 1. The molecule has 1 aromatic heterocycles. The molecular formula is C26H30Cl2N4O5. The summed E-state index contributed by atoms with van der Waals surface area (Å²) in [5.41, 5.74) is 1.37. The number of hydrogen-bond acceptors (Lipinski definition) is 6. The lowest BCUT2D eigenvalue weighted by atomic mass is 9.93. The Labute approximate surface area is 225 Å². The molecule has 11 heteroatoms. The van der Waals surface area contributed by atoms with Gasteiger partial charge in [-0.3, -0.25) is 14.6 Å². The molecule has 0 unspecified atom stereocenters. The highest BCUT2D eigenvalue weighted by atomic mass is 35.5. The number of piperazine rings is 1. The minimum absolute atomic E-state index is 0.108. The molecule has 0 saturated carbocycles. The van der Waals surface area contributed by atoms with Crippen LogP contribution in [0, 0.1) is 0 Å². The summed E-state index contributed by atoms with van der Waals surface area (Å²) in [6.07, 6.45) is 1.48. The Morgan fingerprint density at radius 1 is 1.16 bits per heavy atom. The van der Waals surface area contributed by atoms with E-state index < -0.39 is 12.0 Å². The molecule has 9 nitrogen and oxygen atoms in total. The van der Waals surface area contributed by atoms with Crippen molar-refractivity contribution >= 4 is 41.1 Å². The largest absolute Gasteiger partial charge is 0.463 e. The molecule has 0 spiro atoms. The van der Waals surface area contributed by atoms with Gasteiger partial charge in [-0.05, 0) is 44.5 Å². The number of amides is 3. The van der Waals surface area contributed by atoms with E-state index in [4.69, 9.17) is 32.4 Å². The van der Waals surface area contributed by atoms with E-state index in [1.54, 1.807) is 47.1 Å². The SMILES string of the molecule is CCOC(=O)C1=C(CN2CCN(C(=O)c3ccco3)[C@@H](C)C2)N(CC)C(=O)N[C@@H]1c1cccc(Cl)c1Cl. The van der Waals surface area contributed by atoms with Gasteiger partial charge < -0.3 is 19.4 Å². The number of ether oxygens (including phenoxy) is 1. The summed E-state index contributed by atoms with van der Waals surface area (Å²) in [6.45, 7) is 7.97. The zero-order valence-corrected chi connectivity index (χ0v) is 22.5. The van der Waals surface area contributed by atoms with E-state index in [1.807, 2.05) is 13.8 Å². The molecule has 0 radical (unpaired) electrons. The van der Waals surface area contributed by atoms with Crippen LogP contribution in [0.4, 0.5) is 4.79 Å². The summed E-state index contributed by atoms with van der Waals surface area (Å²) < 4.78 is 10.7. The van der Waals surface area contributed by atoms with Crippen molar-refractivity contribution in [1.29, 1.82) is 0 Å². The Balaban J connectivity index is 1.67. The monoisotopic (exact) mass is 548 g/mol. The van der Waals surface area contributed by atoms with Gasteiger partial charge in [0.2, 0.25) is 0 Å². The molecule has 2 atom stereocenters. The normalized spacial score (nSPS) is 20.7. The van der Waals surface area contributed by atoms with E-state index in [9.17, 15) is 14.4 Å². The first-order valence-corrected chi connectivity index (χ1v) is 13.0. The maximum absolute atomic E-state index is 13.3. The third-order valence-corrected chi connectivity index (χ3v) is 7.45. The Bertz CT molecular complexity index is 1200. The van der Waals surface area contributed by atoms with Crippen LogP contribution >= 0.6 is 23.2 Å². The second kappa shape index (κ2) is 11.6. The number of carbonyl (C=O) groups excluding carboxylic acids is 3. The maximum atomic E-state index is 13.3. The van der Waals surface area contributed by atoms with Gasteiger partial charge in [0.05, 0.1) is 34.5 Å². The second-order valence-corrected chi connectivity index (χ2v) is 9.70. The number of halogens is 2. The average Bonchev–Trinajstić information content (AvgIpc) is 3.40. The van der Waals surface area contributed by atoms with E-state index in [1.165, 1.54) is 6.26 Å². The molecule has 198 valence electrons. The highest BCUT2D eigenvalue weighted by Gasteiger charge is 2.40. The van der Waals surface area contributed by atoms with Gasteiger partial charge in [0.25, 0.3) is 5.91 Å². The third-order valence-electron chi connectivity index (χ3n) is 6.62. The predicted octanol–water partition coefficient (Wildman–Crippen LogP) is 4.34. The molecule has 3 heterocycles. The zero-order chi connectivity index (χ0) is 26.7. The van der Waals surface area contributed by atoms with E-state index in [2.05, 4.69) is 10.2 Å². The Morgan fingerprint density at radius 2 is 1.95 bits per heavy atom. The lowest BCUT2D eigenvalue weighted by molar-refractivity contribution is -0.139. The van der Waals surface area contributed by atoms with Crippen LogP contribution in [0.2, 0.25) is 10.0 Å². The Morgan fingerprint density at radius 3 is 2.59 bits per heavy atom. The summed E-state index contributed by atoms with van der Waals surface area (Å²) >= 11 is 12.8. The van der Waals surface area contributed by atoms with Gasteiger partial charge in [0.15, 0.2) is 5.76 Å². The molecule has 1 fully saturated rings. The standard InChI is InChI=1S/C26H30Cl2N4O5/c1-4-31-19(15-30-11-12-32(16(3)14-30)24(33)20-10-7-13-37-20)21(25(34)36-5-2)23(29-26(31)35)17-8-6-9-18(27)22(17)28/h6-10,13,16,23H,4-5,11-12,14-15H2,1-3H3,(H,29,35)/t16-,23+/m0/s1. The van der Waals surface area contributed by atoms with Crippen LogP contribution in [0.1, 0.15) is 42.9 Å². The summed E-state index contributed by atoms with van der Waals surface area (Å²) in [7, 11) is 0. The molecule has 4 rings (SSSR count). The molecule has 1 N–H and O–H groups in total. The van der Waals surface area contributed by atoms with Gasteiger partial charge in [-0.1, -0.05) is 35.3 Å². The number of furan rings is 1. The summed E-state index contributed by atoms with van der Waals surface area (Å²) in [4.78, 5) is 44.8. The molecule has 0 aliphatic carbocycles. The van der Waals surface area contributed by atoms with Crippen LogP contribution in [0.15, 0.2) is 52.3 Å². The topological polar surface area (TPSA) is 95.3 Å². The van der Waals surface area contributed by atoms with Gasteiger partial charge in [-0.2, -0.15) is 0 Å². The van der Waals surface area contributed by atoms with Crippen LogP contribution in [0.3, 0.4) is 0 Å². The number of esters is 1. The van der Waals surface area contributed by atoms with Crippen molar-refractivity contribution in [1.82, 2.24) is 20.0 Å². The lowest BCUT2D eigenvalue weighted by Gasteiger charge is -2.42. The fraction of sp³-hybridized carbons (Fsp3) is 0.423. The fourth-order valence-electron chi connectivity index (χ4n) is 4.87. The van der Waals surface area contributed by atoms with E-state index in [0.29, 0.717) is 60.3 Å². The van der Waals surface area contributed by atoms with Crippen molar-refractivity contribution in [3.8, 4) is 0 Å². The fourth-order valence-corrected chi connectivity index (χ4v) is 5.28. The zero-order valence-electron chi connectivity index (χ0n) is 21.0. The number of benzene rings is 1. The highest BCUT2D eigenvalue weighted by molar-refractivity contribution is 6.42. The number of nitrogens with zero attached hydrogens (tertiary/aromatic N) is 3. The van der Waals surface area contributed by atoms with E-state index >= 15 is 0 Å². The van der Waals surface area contributed by atoms with Gasteiger partial charge in [-0.25, -0.2) is 9.59 Å². The van der Waals surface area contributed by atoms with E-state index in [-0.39, 0.29) is 29.6 Å². The van der Waals surface area contributed by atoms with Crippen LogP contribution < -0.4 is 5.32 Å². The van der Waals surface area contributed by atoms with Crippen LogP contribution in [-0.4, -0.2) is 78.0 Å². The molecule has 1 aromatic carbocycles. The predicted molar refractivity (Wildman–Crippen MR) is 139 cm³/mol. The first-order valence-electron chi connectivity index (χ1n) is 12.3. The Hall–Kier alpha value is -3.01. The molecule has 2 aromatic rings. The van der Waals surface area contributed by atoms with Crippen LogP contribution in [0.25, 0.3) is 0 Å². The molecule has 2 aliphatic rings. The molecule has 37 heavy (non-hydrogen) atoms. The number of rotatable bonds is 7. The van der Waals surface area contributed by atoms with Crippen molar-refractivity contribution in [2.45, 2.75) is 32.9 Å². The van der Waals surface area contributed by atoms with Crippen molar-refractivity contribution < 1.29 is 23.5 Å². The first kappa shape index (κ1) is 27.0. The summed E-state index contributed by atoms with van der Waals surface area (Å²) in [5, 5.41) is 3.49. The van der Waals surface area contributed by atoms with Gasteiger partial charge in [0, 0.05) is 44.5 Å². The van der Waals surface area contributed by atoms with Gasteiger partial charge in [-0.15, -0.1) is 0 Å². The number of urea groups is 1. The number of carbonyl (C=O) groups is 3. The molecule has 2 aliphatic heterocycles. The maximum Gasteiger partial charge on any atom is 0.338 e. The summed E-state index contributed by atoms with van der Waals surface area (Å²) in [6, 6.07) is 7.17. The Kier molecular flexibility index (Phi) is 8.46. The van der Waals surface area contributed by atoms with Crippen molar-refractivity contribution in [2.24, 2.45) is 0 Å². The highest BCUT2D eigenvalue weighted by Crippen LogP contribution is 2.38. The minimum atomic E-state index is -0.824. The molecular weight excluding hydrogens is 519 g/mol. The minimum Gasteiger partial charge on any atom is -0.463 e. The summed E-state index contributed by atoms with van der Waals surface area (Å²) in [5.74, 6) is -0.391. The quantitative estimate of drug-likeness (QED) is 0.517. The lowest BCUT2D eigenvalue weighted by Crippen LogP contribution is -2.56. The first-order chi connectivity index (χ1) is 17.8. The molecule has 3 amide bonds. The smallest absolute Gasteiger partial charge is 0.338 e. The van der Waals surface area contributed by atoms with Gasteiger partial charge >= 0.3 is 12.0 Å². The molecule has 1 saturated heterocycles. The van der Waals surface area contributed by atoms with Crippen molar-refractivity contribution in [2.75, 3.05) is 39.3 Å². The van der Waals surface area contributed by atoms with Crippen molar-refractivity contribution in [3.05, 3.63) is 69.2 Å². The number of likely N-dealkylation sites (N-methyl/N-ethyl adjacent to an activating group) is 1. The number of nitrogens with one attached hydrogen (secondary N) is 1. The van der Waals surface area contributed by atoms with Crippen LogP contribution in [0.5, 0.6) is 0 Å². The van der Waals surface area contributed by atoms with Gasteiger partial charge in [0.1, 0.15) is 0 Å². The average molecular weight is 549 g/mol.